The first kappa shape index (κ1) is 11.5. The highest BCUT2D eigenvalue weighted by Gasteiger charge is 2.17. The van der Waals surface area contributed by atoms with Crippen LogP contribution in [0.1, 0.15) is 31.4 Å². The maximum Gasteiger partial charge on any atom is 0.0515 e. The molecule has 88 valence electrons. The summed E-state index contributed by atoms with van der Waals surface area (Å²) in [7, 11) is 0. The van der Waals surface area contributed by atoms with Gasteiger partial charge in [0, 0.05) is 18.8 Å². The van der Waals surface area contributed by atoms with E-state index in [1.165, 1.54) is 23.2 Å². The van der Waals surface area contributed by atoms with Crippen molar-refractivity contribution < 1.29 is 5.11 Å². The van der Waals surface area contributed by atoms with Crippen molar-refractivity contribution in [2.24, 2.45) is 0 Å². The maximum absolute atomic E-state index is 9.28. The first-order valence-corrected chi connectivity index (χ1v) is 6.25. The Bertz CT molecular complexity index is 360. The highest BCUT2D eigenvalue weighted by atomic mass is 16.3. The van der Waals surface area contributed by atoms with Gasteiger partial charge in [0.1, 0.15) is 0 Å². The molecule has 0 aromatic heterocycles. The highest BCUT2D eigenvalue weighted by molar-refractivity contribution is 5.59. The van der Waals surface area contributed by atoms with Crippen LogP contribution in [0.5, 0.6) is 0 Å². The minimum absolute atomic E-state index is 0.194. The lowest BCUT2D eigenvalue weighted by molar-refractivity contribution is 0.185. The third-order valence-corrected chi connectivity index (χ3v) is 3.37. The van der Waals surface area contributed by atoms with Gasteiger partial charge in [0.2, 0.25) is 0 Å². The van der Waals surface area contributed by atoms with Crippen molar-refractivity contribution in [2.45, 2.75) is 39.2 Å². The van der Waals surface area contributed by atoms with Gasteiger partial charge >= 0.3 is 0 Å². The fourth-order valence-electron chi connectivity index (χ4n) is 2.38. The Hall–Kier alpha value is -1.02. The van der Waals surface area contributed by atoms with E-state index in [-0.39, 0.29) is 6.10 Å². The van der Waals surface area contributed by atoms with E-state index >= 15 is 0 Å². The minimum Gasteiger partial charge on any atom is -0.393 e. The van der Waals surface area contributed by atoms with E-state index < -0.39 is 0 Å². The number of aliphatic hydroxyl groups excluding tert-OH is 1. The molecule has 1 heterocycles. The average Bonchev–Trinajstić information content (AvgIpc) is 2.68. The minimum atomic E-state index is -0.194. The summed E-state index contributed by atoms with van der Waals surface area (Å²) in [4.78, 5) is 2.42. The van der Waals surface area contributed by atoms with Crippen LogP contribution in [0.4, 0.5) is 5.69 Å². The number of hydrogen-bond acceptors (Lipinski definition) is 2. The van der Waals surface area contributed by atoms with Crippen LogP contribution >= 0.6 is 0 Å². The molecule has 0 radical (unpaired) electrons. The molecule has 0 saturated carbocycles. The van der Waals surface area contributed by atoms with E-state index in [1.807, 2.05) is 6.92 Å². The summed E-state index contributed by atoms with van der Waals surface area (Å²) in [6.07, 6.45) is 2.82. The fraction of sp³-hybridized carbons (Fsp3) is 0.571. The molecule has 16 heavy (non-hydrogen) atoms. The monoisotopic (exact) mass is 219 g/mol. The van der Waals surface area contributed by atoms with Crippen molar-refractivity contribution in [3.05, 3.63) is 29.3 Å². The van der Waals surface area contributed by atoms with Gasteiger partial charge in [0.05, 0.1) is 6.10 Å². The average molecular weight is 219 g/mol. The number of aliphatic hydroxyl groups is 1. The van der Waals surface area contributed by atoms with Crippen molar-refractivity contribution in [3.8, 4) is 0 Å². The number of fused-ring (bicyclic) bond motifs is 1. The second-order valence-electron chi connectivity index (χ2n) is 4.68. The topological polar surface area (TPSA) is 23.5 Å². The third kappa shape index (κ3) is 2.38. The summed E-state index contributed by atoms with van der Waals surface area (Å²) < 4.78 is 0. The van der Waals surface area contributed by atoms with Crippen LogP contribution in [-0.2, 0) is 12.8 Å². The van der Waals surface area contributed by atoms with E-state index in [9.17, 15) is 5.11 Å². The van der Waals surface area contributed by atoms with E-state index in [2.05, 4.69) is 30.0 Å². The molecule has 1 N–H and O–H groups in total. The van der Waals surface area contributed by atoms with E-state index in [0.29, 0.717) is 0 Å². The lowest BCUT2D eigenvalue weighted by atomic mass is 10.0. The number of anilines is 1. The van der Waals surface area contributed by atoms with Crippen LogP contribution in [0.25, 0.3) is 0 Å². The first-order chi connectivity index (χ1) is 7.70. The fourth-order valence-corrected chi connectivity index (χ4v) is 2.38. The molecule has 0 fully saturated rings. The predicted octanol–water partition coefficient (Wildman–Crippen LogP) is 2.38. The number of rotatable bonds is 4. The van der Waals surface area contributed by atoms with E-state index in [1.54, 1.807) is 0 Å². The Morgan fingerprint density at radius 1 is 1.44 bits per heavy atom. The molecule has 1 aromatic carbocycles. The summed E-state index contributed by atoms with van der Waals surface area (Å²) in [5.41, 5.74) is 4.24. The molecule has 0 spiro atoms. The second-order valence-corrected chi connectivity index (χ2v) is 4.68. The summed E-state index contributed by atoms with van der Waals surface area (Å²) in [6.45, 7) is 6.31. The van der Waals surface area contributed by atoms with Crippen molar-refractivity contribution in [2.75, 3.05) is 18.0 Å². The van der Waals surface area contributed by atoms with Crippen molar-refractivity contribution in [3.63, 3.8) is 0 Å². The van der Waals surface area contributed by atoms with Crippen LogP contribution in [-0.4, -0.2) is 24.3 Å². The molecule has 2 heteroatoms. The molecule has 0 saturated heterocycles. The Labute approximate surface area is 97.9 Å². The Morgan fingerprint density at radius 2 is 2.25 bits per heavy atom. The highest BCUT2D eigenvalue weighted by Crippen LogP contribution is 2.28. The van der Waals surface area contributed by atoms with E-state index in [4.69, 9.17) is 0 Å². The zero-order chi connectivity index (χ0) is 11.5. The molecule has 1 aromatic rings. The third-order valence-electron chi connectivity index (χ3n) is 3.37. The normalized spacial score (nSPS) is 16.3. The molecule has 1 aliphatic heterocycles. The van der Waals surface area contributed by atoms with E-state index in [0.717, 1.165) is 25.9 Å². The van der Waals surface area contributed by atoms with Crippen molar-refractivity contribution in [1.82, 2.24) is 0 Å². The zero-order valence-corrected chi connectivity index (χ0v) is 10.2. The quantitative estimate of drug-likeness (QED) is 0.840. The number of benzene rings is 1. The molecule has 1 aliphatic rings. The molecule has 2 rings (SSSR count). The maximum atomic E-state index is 9.28. The largest absolute Gasteiger partial charge is 0.393 e. The van der Waals surface area contributed by atoms with Crippen molar-refractivity contribution in [1.29, 1.82) is 0 Å². The molecule has 1 atom stereocenters. The lowest BCUT2D eigenvalue weighted by Gasteiger charge is -2.16. The molecule has 0 amide bonds. The number of hydrogen-bond donors (Lipinski definition) is 1. The van der Waals surface area contributed by atoms with Gasteiger partial charge in [0.25, 0.3) is 0 Å². The van der Waals surface area contributed by atoms with Gasteiger partial charge in [-0.2, -0.15) is 0 Å². The molecular formula is C14H21NO. The van der Waals surface area contributed by atoms with Gasteiger partial charge in [0.15, 0.2) is 0 Å². The van der Waals surface area contributed by atoms with Crippen molar-refractivity contribution >= 4 is 5.69 Å². The van der Waals surface area contributed by atoms with Gasteiger partial charge in [-0.25, -0.2) is 0 Å². The van der Waals surface area contributed by atoms with Crippen LogP contribution in [0.3, 0.4) is 0 Å². The van der Waals surface area contributed by atoms with Gasteiger partial charge in [-0.05, 0) is 50.3 Å². The van der Waals surface area contributed by atoms with Crippen LogP contribution in [0.2, 0.25) is 0 Å². The van der Waals surface area contributed by atoms with Gasteiger partial charge in [-0.1, -0.05) is 12.1 Å². The number of nitrogens with zero attached hydrogens (tertiary/aromatic N) is 1. The summed E-state index contributed by atoms with van der Waals surface area (Å²) >= 11 is 0. The standard InChI is InChI=1S/C14H21NO/c1-3-15-9-8-13-10-12(5-4-11(2)16)6-7-14(13)15/h6-7,10-11,16H,3-5,8-9H2,1-2H3/t11-/m1/s1. The Morgan fingerprint density at radius 3 is 2.94 bits per heavy atom. The summed E-state index contributed by atoms with van der Waals surface area (Å²) in [5.74, 6) is 0. The van der Waals surface area contributed by atoms with Crippen LogP contribution < -0.4 is 4.90 Å². The second kappa shape index (κ2) is 4.88. The zero-order valence-electron chi connectivity index (χ0n) is 10.2. The number of likely N-dealkylation sites (N-methyl/N-ethyl adjacent to an activating group) is 1. The van der Waals surface area contributed by atoms with Crippen LogP contribution in [0, 0.1) is 0 Å². The first-order valence-electron chi connectivity index (χ1n) is 6.25. The summed E-state index contributed by atoms with van der Waals surface area (Å²) in [5, 5.41) is 9.28. The predicted molar refractivity (Wildman–Crippen MR) is 68.0 cm³/mol. The van der Waals surface area contributed by atoms with Gasteiger partial charge in [-0.3, -0.25) is 0 Å². The molecule has 2 nitrogen and oxygen atoms in total. The lowest BCUT2D eigenvalue weighted by Crippen LogP contribution is -2.18. The summed E-state index contributed by atoms with van der Waals surface area (Å²) in [6, 6.07) is 6.76. The molecule has 0 bridgehead atoms. The Balaban J connectivity index is 2.09. The smallest absolute Gasteiger partial charge is 0.0515 e. The number of aryl methyl sites for hydroxylation is 1. The Kier molecular flexibility index (Phi) is 3.49. The van der Waals surface area contributed by atoms with Gasteiger partial charge < -0.3 is 10.0 Å². The van der Waals surface area contributed by atoms with Crippen LogP contribution in [0.15, 0.2) is 18.2 Å². The molecule has 0 unspecified atom stereocenters. The van der Waals surface area contributed by atoms with Gasteiger partial charge in [-0.15, -0.1) is 0 Å². The molecule has 0 aliphatic carbocycles. The molecular weight excluding hydrogens is 198 g/mol. The SMILES string of the molecule is CCN1CCc2cc(CC[C@@H](C)O)ccc21.